The van der Waals surface area contributed by atoms with Gasteiger partial charge in [0.2, 0.25) is 0 Å². The van der Waals surface area contributed by atoms with Gasteiger partial charge in [0.25, 0.3) is 0 Å². The standard InChI is InChI=1S/C23H18N2O2/c1-15-7-8-18(13-19(15)23(26)27)20-14-21(16-5-3-2-4-6-16)25-22(20)17-9-11-24-12-10-17/h2-13H,14H2,1H3,(H,26,27). The van der Waals surface area contributed by atoms with Gasteiger partial charge in [-0.3, -0.25) is 9.98 Å². The van der Waals surface area contributed by atoms with Crippen LogP contribution < -0.4 is 0 Å². The molecule has 0 spiro atoms. The van der Waals surface area contributed by atoms with E-state index in [1.807, 2.05) is 61.5 Å². The minimum absolute atomic E-state index is 0.322. The lowest BCUT2D eigenvalue weighted by atomic mass is 9.93. The maximum atomic E-state index is 11.6. The van der Waals surface area contributed by atoms with Crippen LogP contribution in [0.2, 0.25) is 0 Å². The van der Waals surface area contributed by atoms with Crippen LogP contribution in [0.25, 0.3) is 11.3 Å². The van der Waals surface area contributed by atoms with Gasteiger partial charge in [0.05, 0.1) is 17.0 Å². The van der Waals surface area contributed by atoms with Gasteiger partial charge in [-0.25, -0.2) is 4.79 Å². The number of carboxylic acids is 1. The Morgan fingerprint density at radius 2 is 1.67 bits per heavy atom. The summed E-state index contributed by atoms with van der Waals surface area (Å²) in [7, 11) is 0. The molecule has 1 N–H and O–H groups in total. The van der Waals surface area contributed by atoms with E-state index >= 15 is 0 Å². The Hall–Kier alpha value is -3.53. The summed E-state index contributed by atoms with van der Waals surface area (Å²) in [5, 5.41) is 9.49. The number of aliphatic imine (C=N–C) groups is 1. The first kappa shape index (κ1) is 16.9. The van der Waals surface area contributed by atoms with Gasteiger partial charge in [0.1, 0.15) is 0 Å². The molecule has 0 amide bonds. The van der Waals surface area contributed by atoms with Gasteiger partial charge in [-0.05, 0) is 47.4 Å². The van der Waals surface area contributed by atoms with E-state index in [9.17, 15) is 9.90 Å². The molecule has 1 aromatic heterocycles. The van der Waals surface area contributed by atoms with E-state index in [-0.39, 0.29) is 0 Å². The van der Waals surface area contributed by atoms with Crippen LogP contribution in [0.4, 0.5) is 0 Å². The molecule has 1 aliphatic heterocycles. The number of carboxylic acid groups (broad SMARTS) is 1. The quantitative estimate of drug-likeness (QED) is 0.728. The number of aromatic nitrogens is 1. The third-order valence-electron chi connectivity index (χ3n) is 4.75. The van der Waals surface area contributed by atoms with Crippen LogP contribution in [0.5, 0.6) is 0 Å². The number of rotatable bonds is 4. The van der Waals surface area contributed by atoms with Crippen LogP contribution >= 0.6 is 0 Å². The molecule has 132 valence electrons. The topological polar surface area (TPSA) is 62.5 Å². The van der Waals surface area contributed by atoms with Gasteiger partial charge < -0.3 is 5.11 Å². The molecule has 0 unspecified atom stereocenters. The van der Waals surface area contributed by atoms with Crippen molar-refractivity contribution < 1.29 is 9.90 Å². The summed E-state index contributed by atoms with van der Waals surface area (Å²) in [6.07, 6.45) is 4.14. The minimum atomic E-state index is -0.914. The molecule has 4 rings (SSSR count). The van der Waals surface area contributed by atoms with E-state index in [1.165, 1.54) is 0 Å². The molecular formula is C23H18N2O2. The van der Waals surface area contributed by atoms with Crippen molar-refractivity contribution in [1.82, 2.24) is 4.98 Å². The Morgan fingerprint density at radius 1 is 0.926 bits per heavy atom. The average Bonchev–Trinajstić information content (AvgIpc) is 3.15. The third-order valence-corrected chi connectivity index (χ3v) is 4.75. The molecular weight excluding hydrogens is 336 g/mol. The third kappa shape index (κ3) is 3.29. The van der Waals surface area contributed by atoms with Gasteiger partial charge in [-0.15, -0.1) is 0 Å². The number of hydrogen-bond donors (Lipinski definition) is 1. The van der Waals surface area contributed by atoms with Gasteiger partial charge in [-0.1, -0.05) is 42.5 Å². The van der Waals surface area contributed by atoms with Gasteiger partial charge in [0.15, 0.2) is 0 Å². The van der Waals surface area contributed by atoms with Gasteiger partial charge in [-0.2, -0.15) is 0 Å². The lowest BCUT2D eigenvalue weighted by Crippen LogP contribution is -2.02. The smallest absolute Gasteiger partial charge is 0.335 e. The highest BCUT2D eigenvalue weighted by molar-refractivity contribution is 6.17. The summed E-state index contributed by atoms with van der Waals surface area (Å²) in [5.41, 5.74) is 6.89. The summed E-state index contributed by atoms with van der Waals surface area (Å²) >= 11 is 0. The lowest BCUT2D eigenvalue weighted by Gasteiger charge is -2.09. The molecule has 4 nitrogen and oxygen atoms in total. The van der Waals surface area contributed by atoms with E-state index in [0.717, 1.165) is 39.2 Å². The second-order valence-electron chi connectivity index (χ2n) is 6.50. The Labute approximate surface area is 157 Å². The Balaban J connectivity index is 1.84. The predicted molar refractivity (Wildman–Crippen MR) is 107 cm³/mol. The monoisotopic (exact) mass is 354 g/mol. The van der Waals surface area contributed by atoms with Gasteiger partial charge in [0, 0.05) is 24.4 Å². The predicted octanol–water partition coefficient (Wildman–Crippen LogP) is 4.85. The van der Waals surface area contributed by atoms with Gasteiger partial charge >= 0.3 is 5.97 Å². The number of nitrogens with zero attached hydrogens (tertiary/aromatic N) is 2. The van der Waals surface area contributed by atoms with E-state index in [0.29, 0.717) is 12.0 Å². The normalized spacial score (nSPS) is 13.6. The molecule has 0 saturated heterocycles. The fourth-order valence-corrected chi connectivity index (χ4v) is 3.32. The first-order valence-corrected chi connectivity index (χ1v) is 8.74. The molecule has 2 aromatic carbocycles. The van der Waals surface area contributed by atoms with Crippen molar-refractivity contribution in [3.8, 4) is 0 Å². The highest BCUT2D eigenvalue weighted by atomic mass is 16.4. The largest absolute Gasteiger partial charge is 0.478 e. The summed E-state index contributed by atoms with van der Waals surface area (Å²) in [4.78, 5) is 20.6. The maximum Gasteiger partial charge on any atom is 0.335 e. The molecule has 3 aromatic rings. The van der Waals surface area contributed by atoms with E-state index in [2.05, 4.69) is 4.98 Å². The zero-order valence-corrected chi connectivity index (χ0v) is 14.9. The van der Waals surface area contributed by atoms with Crippen molar-refractivity contribution in [1.29, 1.82) is 0 Å². The number of aryl methyl sites for hydroxylation is 1. The van der Waals surface area contributed by atoms with Crippen LogP contribution in [0.3, 0.4) is 0 Å². The molecule has 0 aliphatic carbocycles. The number of hydrogen-bond acceptors (Lipinski definition) is 3. The fraction of sp³-hybridized carbons (Fsp3) is 0.0870. The molecule has 1 aliphatic rings. The molecule has 0 atom stereocenters. The number of allylic oxidation sites excluding steroid dienone is 1. The highest BCUT2D eigenvalue weighted by Crippen LogP contribution is 2.37. The molecule has 0 bridgehead atoms. The van der Waals surface area contributed by atoms with Crippen LogP contribution in [-0.4, -0.2) is 21.8 Å². The van der Waals surface area contributed by atoms with Crippen molar-refractivity contribution in [2.45, 2.75) is 13.3 Å². The van der Waals surface area contributed by atoms with Crippen LogP contribution in [0.15, 0.2) is 78.0 Å². The average molecular weight is 354 g/mol. The number of benzene rings is 2. The fourth-order valence-electron chi connectivity index (χ4n) is 3.32. The van der Waals surface area contributed by atoms with E-state index in [4.69, 9.17) is 4.99 Å². The second-order valence-corrected chi connectivity index (χ2v) is 6.50. The number of aromatic carboxylic acids is 1. The zero-order valence-electron chi connectivity index (χ0n) is 14.9. The molecule has 0 fully saturated rings. The Bertz CT molecular complexity index is 1070. The van der Waals surface area contributed by atoms with Crippen molar-refractivity contribution in [3.05, 3.63) is 101 Å². The summed E-state index contributed by atoms with van der Waals surface area (Å²) < 4.78 is 0. The van der Waals surface area contributed by atoms with Crippen LogP contribution in [0, 0.1) is 6.92 Å². The molecule has 0 radical (unpaired) electrons. The molecule has 2 heterocycles. The number of pyridine rings is 1. The number of carbonyl (C=O) groups is 1. The first-order chi connectivity index (χ1) is 13.1. The minimum Gasteiger partial charge on any atom is -0.478 e. The van der Waals surface area contributed by atoms with E-state index < -0.39 is 5.97 Å². The molecule has 4 heteroatoms. The Morgan fingerprint density at radius 3 is 2.37 bits per heavy atom. The Kier molecular flexibility index (Phi) is 4.38. The van der Waals surface area contributed by atoms with Crippen molar-refractivity contribution in [3.63, 3.8) is 0 Å². The lowest BCUT2D eigenvalue weighted by molar-refractivity contribution is 0.0696. The maximum absolute atomic E-state index is 11.6. The summed E-state index contributed by atoms with van der Waals surface area (Å²) in [5.74, 6) is -0.914. The highest BCUT2D eigenvalue weighted by Gasteiger charge is 2.22. The van der Waals surface area contributed by atoms with Crippen LogP contribution in [-0.2, 0) is 0 Å². The van der Waals surface area contributed by atoms with E-state index in [1.54, 1.807) is 18.5 Å². The van der Waals surface area contributed by atoms with Crippen LogP contribution in [0.1, 0.15) is 39.0 Å². The second kappa shape index (κ2) is 7.00. The molecule has 0 saturated carbocycles. The van der Waals surface area contributed by atoms with Crippen molar-refractivity contribution in [2.24, 2.45) is 4.99 Å². The zero-order chi connectivity index (χ0) is 18.8. The van der Waals surface area contributed by atoms with Crippen molar-refractivity contribution in [2.75, 3.05) is 0 Å². The van der Waals surface area contributed by atoms with Crippen molar-refractivity contribution >= 4 is 23.0 Å². The first-order valence-electron chi connectivity index (χ1n) is 8.74. The summed E-state index contributed by atoms with van der Waals surface area (Å²) in [6, 6.07) is 19.5. The molecule has 27 heavy (non-hydrogen) atoms. The SMILES string of the molecule is Cc1ccc(C2=C(c3ccncc3)N=C(c3ccccc3)C2)cc1C(=O)O. The summed E-state index contributed by atoms with van der Waals surface area (Å²) in [6.45, 7) is 1.81.